The number of rotatable bonds is 7. The molecular formula is C20H24N2O2. The zero-order valence-corrected chi connectivity index (χ0v) is 13.8. The van der Waals surface area contributed by atoms with Crippen LogP contribution in [0.5, 0.6) is 5.75 Å². The first-order valence-electron chi connectivity index (χ1n) is 8.57. The van der Waals surface area contributed by atoms with E-state index in [9.17, 15) is 4.79 Å². The van der Waals surface area contributed by atoms with E-state index in [1.807, 2.05) is 54.6 Å². The Kier molecular flexibility index (Phi) is 5.85. The number of amides is 1. The molecule has 0 bridgehead atoms. The van der Waals surface area contributed by atoms with E-state index in [0.29, 0.717) is 18.9 Å². The lowest BCUT2D eigenvalue weighted by molar-refractivity contribution is -0.116. The van der Waals surface area contributed by atoms with Crippen LogP contribution in [0.25, 0.3) is 0 Å². The van der Waals surface area contributed by atoms with Crippen molar-refractivity contribution in [3.05, 3.63) is 60.2 Å². The number of hydrogen-bond donors (Lipinski definition) is 2. The van der Waals surface area contributed by atoms with Gasteiger partial charge in [-0.1, -0.05) is 30.3 Å². The zero-order valence-electron chi connectivity index (χ0n) is 13.8. The fraction of sp³-hybridized carbons (Fsp3) is 0.350. The summed E-state index contributed by atoms with van der Waals surface area (Å²) >= 11 is 0. The Morgan fingerprint density at radius 3 is 2.62 bits per heavy atom. The molecule has 1 saturated heterocycles. The third-order valence-corrected chi connectivity index (χ3v) is 4.33. The highest BCUT2D eigenvalue weighted by molar-refractivity contribution is 5.90. The zero-order chi connectivity index (χ0) is 16.6. The second-order valence-electron chi connectivity index (χ2n) is 6.24. The minimum Gasteiger partial charge on any atom is -0.489 e. The summed E-state index contributed by atoms with van der Waals surface area (Å²) in [6, 6.07) is 17.6. The Hall–Kier alpha value is -2.33. The van der Waals surface area contributed by atoms with Crippen molar-refractivity contribution >= 4 is 11.6 Å². The monoisotopic (exact) mass is 324 g/mol. The summed E-state index contributed by atoms with van der Waals surface area (Å²) in [7, 11) is 0. The highest BCUT2D eigenvalue weighted by atomic mass is 16.5. The highest BCUT2D eigenvalue weighted by Gasteiger charge is 2.15. The van der Waals surface area contributed by atoms with Crippen LogP contribution in [-0.2, 0) is 11.4 Å². The quantitative estimate of drug-likeness (QED) is 0.818. The Balaban J connectivity index is 1.42. The van der Waals surface area contributed by atoms with Gasteiger partial charge < -0.3 is 15.4 Å². The van der Waals surface area contributed by atoms with Gasteiger partial charge in [-0.3, -0.25) is 4.79 Å². The first kappa shape index (κ1) is 16.5. The lowest BCUT2D eigenvalue weighted by atomic mass is 10.0. The van der Waals surface area contributed by atoms with Gasteiger partial charge in [-0.15, -0.1) is 0 Å². The molecule has 4 nitrogen and oxygen atoms in total. The number of hydrogen-bond acceptors (Lipinski definition) is 3. The maximum atomic E-state index is 12.0. The van der Waals surface area contributed by atoms with Crippen LogP contribution in [0.2, 0.25) is 0 Å². The average molecular weight is 324 g/mol. The van der Waals surface area contributed by atoms with E-state index in [0.717, 1.165) is 36.5 Å². The van der Waals surface area contributed by atoms with E-state index in [-0.39, 0.29) is 5.91 Å². The third kappa shape index (κ3) is 5.10. The van der Waals surface area contributed by atoms with Crippen LogP contribution in [-0.4, -0.2) is 19.0 Å². The van der Waals surface area contributed by atoms with Gasteiger partial charge in [0.15, 0.2) is 0 Å². The van der Waals surface area contributed by atoms with Crippen molar-refractivity contribution in [3.8, 4) is 5.75 Å². The van der Waals surface area contributed by atoms with Gasteiger partial charge in [0.05, 0.1) is 0 Å². The number of benzene rings is 2. The van der Waals surface area contributed by atoms with Gasteiger partial charge in [-0.25, -0.2) is 0 Å². The first-order chi connectivity index (χ1) is 11.8. The molecule has 3 rings (SSSR count). The molecule has 0 aromatic heterocycles. The fourth-order valence-electron chi connectivity index (χ4n) is 2.89. The second-order valence-corrected chi connectivity index (χ2v) is 6.24. The molecule has 0 aliphatic carbocycles. The molecule has 1 unspecified atom stereocenters. The molecule has 0 saturated carbocycles. The van der Waals surface area contributed by atoms with Crippen LogP contribution >= 0.6 is 0 Å². The molecule has 1 aliphatic rings. The summed E-state index contributed by atoms with van der Waals surface area (Å²) in [6.45, 7) is 2.67. The lowest BCUT2D eigenvalue weighted by Crippen LogP contribution is -2.14. The van der Waals surface area contributed by atoms with E-state index >= 15 is 0 Å². The summed E-state index contributed by atoms with van der Waals surface area (Å²) in [4.78, 5) is 12.0. The third-order valence-electron chi connectivity index (χ3n) is 4.33. The van der Waals surface area contributed by atoms with E-state index in [2.05, 4.69) is 10.6 Å². The molecule has 4 heteroatoms. The summed E-state index contributed by atoms with van der Waals surface area (Å²) in [5.74, 6) is 1.53. The molecular weight excluding hydrogens is 300 g/mol. The molecule has 2 aromatic rings. The highest BCUT2D eigenvalue weighted by Crippen LogP contribution is 2.18. The summed E-state index contributed by atoms with van der Waals surface area (Å²) < 4.78 is 5.75. The minimum absolute atomic E-state index is 0.0832. The van der Waals surface area contributed by atoms with E-state index in [1.54, 1.807) is 0 Å². The average Bonchev–Trinajstić information content (AvgIpc) is 3.14. The van der Waals surface area contributed by atoms with Crippen molar-refractivity contribution in [2.45, 2.75) is 25.9 Å². The molecule has 24 heavy (non-hydrogen) atoms. The maximum Gasteiger partial charge on any atom is 0.224 e. The van der Waals surface area contributed by atoms with Crippen LogP contribution in [0, 0.1) is 5.92 Å². The molecule has 2 aromatic carbocycles. The number of anilines is 1. The van der Waals surface area contributed by atoms with Crippen LogP contribution in [0.1, 0.15) is 24.8 Å². The molecule has 0 spiro atoms. The first-order valence-corrected chi connectivity index (χ1v) is 8.57. The number of carbonyl (C=O) groups excluding carboxylic acids is 1. The molecule has 1 fully saturated rings. The van der Waals surface area contributed by atoms with Gasteiger partial charge in [0.2, 0.25) is 5.91 Å². The van der Waals surface area contributed by atoms with Crippen molar-refractivity contribution in [2.75, 3.05) is 18.4 Å². The van der Waals surface area contributed by atoms with Gasteiger partial charge in [-0.05, 0) is 61.7 Å². The van der Waals surface area contributed by atoms with Crippen LogP contribution in [0.15, 0.2) is 54.6 Å². The van der Waals surface area contributed by atoms with Gasteiger partial charge in [0.1, 0.15) is 12.4 Å². The Labute approximate surface area is 143 Å². The normalized spacial score (nSPS) is 16.8. The Bertz CT molecular complexity index is 634. The molecule has 0 radical (unpaired) electrons. The maximum absolute atomic E-state index is 12.0. The van der Waals surface area contributed by atoms with Crippen molar-refractivity contribution in [2.24, 2.45) is 5.92 Å². The summed E-state index contributed by atoms with van der Waals surface area (Å²) in [5.41, 5.74) is 1.95. The van der Waals surface area contributed by atoms with Crippen LogP contribution < -0.4 is 15.4 Å². The lowest BCUT2D eigenvalue weighted by Gasteiger charge is -2.10. The van der Waals surface area contributed by atoms with E-state index < -0.39 is 0 Å². The standard InChI is InChI=1S/C20H24N2O2/c23-20(11-6-16-12-13-21-14-16)22-18-7-9-19(10-8-18)24-15-17-4-2-1-3-5-17/h1-5,7-10,16,21H,6,11-15H2,(H,22,23). The van der Waals surface area contributed by atoms with Gasteiger partial charge in [0, 0.05) is 12.1 Å². The van der Waals surface area contributed by atoms with Gasteiger partial charge in [-0.2, -0.15) is 0 Å². The minimum atomic E-state index is 0.0832. The summed E-state index contributed by atoms with van der Waals surface area (Å²) in [6.07, 6.45) is 2.72. The summed E-state index contributed by atoms with van der Waals surface area (Å²) in [5, 5.41) is 6.28. The van der Waals surface area contributed by atoms with Gasteiger partial charge in [0.25, 0.3) is 0 Å². The number of ether oxygens (including phenoxy) is 1. The second kappa shape index (κ2) is 8.50. The Morgan fingerprint density at radius 2 is 1.92 bits per heavy atom. The molecule has 2 N–H and O–H groups in total. The van der Waals surface area contributed by atoms with Crippen molar-refractivity contribution in [3.63, 3.8) is 0 Å². The molecule has 1 heterocycles. The van der Waals surface area contributed by atoms with E-state index in [1.165, 1.54) is 6.42 Å². The fourth-order valence-corrected chi connectivity index (χ4v) is 2.89. The van der Waals surface area contributed by atoms with E-state index in [4.69, 9.17) is 4.74 Å². The predicted molar refractivity (Wildman–Crippen MR) is 96.1 cm³/mol. The number of nitrogens with one attached hydrogen (secondary N) is 2. The topological polar surface area (TPSA) is 50.4 Å². The van der Waals surface area contributed by atoms with Crippen molar-refractivity contribution < 1.29 is 9.53 Å². The van der Waals surface area contributed by atoms with Crippen LogP contribution in [0.3, 0.4) is 0 Å². The smallest absolute Gasteiger partial charge is 0.224 e. The predicted octanol–water partition coefficient (Wildman–Crippen LogP) is 3.59. The molecule has 1 atom stereocenters. The molecule has 1 aliphatic heterocycles. The largest absolute Gasteiger partial charge is 0.489 e. The number of carbonyl (C=O) groups is 1. The Morgan fingerprint density at radius 1 is 1.12 bits per heavy atom. The molecule has 126 valence electrons. The van der Waals surface area contributed by atoms with Crippen LogP contribution in [0.4, 0.5) is 5.69 Å². The molecule has 1 amide bonds. The van der Waals surface area contributed by atoms with Gasteiger partial charge >= 0.3 is 0 Å². The SMILES string of the molecule is O=C(CCC1CCNC1)Nc1ccc(OCc2ccccc2)cc1. The van der Waals surface area contributed by atoms with Crippen molar-refractivity contribution in [1.82, 2.24) is 5.32 Å². The van der Waals surface area contributed by atoms with Crippen molar-refractivity contribution in [1.29, 1.82) is 0 Å².